The highest BCUT2D eigenvalue weighted by Gasteiger charge is 2.39. The highest BCUT2D eigenvalue weighted by Crippen LogP contribution is 2.17. The molecule has 0 aromatic carbocycles. The van der Waals surface area contributed by atoms with Gasteiger partial charge in [-0.25, -0.2) is 4.79 Å². The molecule has 1 saturated heterocycles. The van der Waals surface area contributed by atoms with E-state index in [0.717, 1.165) is 6.92 Å². The van der Waals surface area contributed by atoms with E-state index in [-0.39, 0.29) is 0 Å². The van der Waals surface area contributed by atoms with Crippen LogP contribution < -0.4 is 0 Å². The molecule has 8 nitrogen and oxygen atoms in total. The van der Waals surface area contributed by atoms with Crippen molar-refractivity contribution < 1.29 is 39.4 Å². The third kappa shape index (κ3) is 3.09. The van der Waals surface area contributed by atoms with Gasteiger partial charge in [-0.3, -0.25) is 0 Å². The maximum atomic E-state index is 10.9. The second kappa shape index (κ2) is 4.84. The molecule has 1 aliphatic heterocycles. The first-order valence-electron chi connectivity index (χ1n) is 4.15. The summed E-state index contributed by atoms with van der Waals surface area (Å²) in [6.45, 7) is 1.16. The summed E-state index contributed by atoms with van der Waals surface area (Å²) in [4.78, 5) is 10.9. The Hall–Kier alpha value is -0.770. The third-order valence-corrected chi connectivity index (χ3v) is 1.60. The molecule has 5 atom stereocenters. The Morgan fingerprint density at radius 1 is 1.20 bits per heavy atom. The molecule has 0 saturated carbocycles. The lowest BCUT2D eigenvalue weighted by Gasteiger charge is -2.33. The molecule has 1 heterocycles. The van der Waals surface area contributed by atoms with E-state index in [4.69, 9.17) is 20.4 Å². The molecule has 88 valence electrons. The average molecular weight is 224 g/mol. The lowest BCUT2D eigenvalue weighted by molar-refractivity contribution is -0.412. The molecule has 0 aliphatic carbocycles. The molecule has 1 aliphatic rings. The minimum atomic E-state index is -1.74. The number of hydrogen-bond donors (Lipinski definition) is 4. The Morgan fingerprint density at radius 2 is 1.73 bits per heavy atom. The van der Waals surface area contributed by atoms with Crippen LogP contribution in [0.2, 0.25) is 0 Å². The first-order valence-corrected chi connectivity index (χ1v) is 4.15. The van der Waals surface area contributed by atoms with E-state index in [1.807, 2.05) is 0 Å². The van der Waals surface area contributed by atoms with Crippen LogP contribution in [0.4, 0.5) is 0 Å². The van der Waals surface area contributed by atoms with Crippen molar-refractivity contribution in [2.24, 2.45) is 0 Å². The fourth-order valence-corrected chi connectivity index (χ4v) is 0.845. The number of carbonyl (C=O) groups is 1. The van der Waals surface area contributed by atoms with E-state index in [2.05, 4.69) is 14.2 Å². The summed E-state index contributed by atoms with van der Waals surface area (Å²) in [6.07, 6.45) is -8.18. The summed E-state index contributed by atoms with van der Waals surface area (Å²) in [7, 11) is 0. The minimum absolute atomic E-state index is 1.05. The van der Waals surface area contributed by atoms with Crippen molar-refractivity contribution in [2.45, 2.75) is 38.2 Å². The summed E-state index contributed by atoms with van der Waals surface area (Å²) in [5.41, 5.74) is 0. The van der Waals surface area contributed by atoms with E-state index >= 15 is 0 Å². The molecule has 0 aromatic rings. The third-order valence-electron chi connectivity index (χ3n) is 1.60. The summed E-state index contributed by atoms with van der Waals surface area (Å²) in [6, 6.07) is 0. The molecule has 0 amide bonds. The van der Waals surface area contributed by atoms with Gasteiger partial charge in [-0.15, -0.1) is 0 Å². The van der Waals surface area contributed by atoms with Crippen molar-refractivity contribution in [3.05, 3.63) is 0 Å². The fourth-order valence-electron chi connectivity index (χ4n) is 0.845. The van der Waals surface area contributed by atoms with E-state index in [9.17, 15) is 4.79 Å². The van der Waals surface area contributed by atoms with Crippen LogP contribution in [0.5, 0.6) is 0 Å². The Morgan fingerprint density at radius 3 is 2.27 bits per heavy atom. The van der Waals surface area contributed by atoms with Crippen LogP contribution in [-0.4, -0.2) is 57.7 Å². The number of carbonyl (C=O) groups excluding carboxylic acids is 1. The number of hydrogen-bond acceptors (Lipinski definition) is 8. The van der Waals surface area contributed by atoms with E-state index in [0.29, 0.717) is 0 Å². The topological polar surface area (TPSA) is 126 Å². The molecule has 0 radical (unpaired) electrons. The van der Waals surface area contributed by atoms with Crippen molar-refractivity contribution in [1.82, 2.24) is 0 Å². The van der Waals surface area contributed by atoms with Gasteiger partial charge in [0.05, 0.1) is 0 Å². The number of aliphatic hydroxyl groups excluding tert-OH is 4. The van der Waals surface area contributed by atoms with E-state index in [1.165, 1.54) is 0 Å². The summed E-state index contributed by atoms with van der Waals surface area (Å²) in [5, 5.41) is 35.7. The highest BCUT2D eigenvalue weighted by molar-refractivity contribution is 5.73. The van der Waals surface area contributed by atoms with Gasteiger partial charge >= 0.3 is 5.97 Å². The Labute approximate surface area is 84.6 Å². The number of aliphatic hydroxyl groups is 4. The average Bonchev–Trinajstić information content (AvgIpc) is 2.13. The minimum Gasteiger partial charge on any atom is -0.428 e. The van der Waals surface area contributed by atoms with Crippen LogP contribution in [0.3, 0.4) is 0 Å². The lowest BCUT2D eigenvalue weighted by Crippen LogP contribution is -2.51. The Kier molecular flexibility index (Phi) is 3.97. The standard InChI is InChI=1S/C7H12O8/c1-2(8)3(9)14-7-6(12)13-4(10)5(11)15-7/h2,4-8,10-12H,1H3. The fraction of sp³-hybridized carbons (Fsp3) is 0.857. The van der Waals surface area contributed by atoms with Gasteiger partial charge in [0, 0.05) is 0 Å². The highest BCUT2D eigenvalue weighted by atomic mass is 16.8. The second-order valence-corrected chi connectivity index (χ2v) is 2.93. The Balaban J connectivity index is 2.51. The first-order chi connectivity index (χ1) is 6.91. The second-order valence-electron chi connectivity index (χ2n) is 2.93. The first kappa shape index (κ1) is 12.3. The van der Waals surface area contributed by atoms with Crippen molar-refractivity contribution in [1.29, 1.82) is 0 Å². The lowest BCUT2D eigenvalue weighted by atomic mass is 10.4. The summed E-state index contributed by atoms with van der Waals surface area (Å²) in [5.74, 6) is -1.05. The smallest absolute Gasteiger partial charge is 0.337 e. The van der Waals surface area contributed by atoms with Crippen molar-refractivity contribution in [3.8, 4) is 0 Å². The van der Waals surface area contributed by atoms with Gasteiger partial charge in [0.25, 0.3) is 6.29 Å². The summed E-state index contributed by atoms with van der Waals surface area (Å²) < 4.78 is 13.3. The van der Waals surface area contributed by atoms with Gasteiger partial charge < -0.3 is 34.6 Å². The molecule has 4 N–H and O–H groups in total. The van der Waals surface area contributed by atoms with Crippen LogP contribution in [0.15, 0.2) is 0 Å². The number of ether oxygens (including phenoxy) is 3. The molecule has 15 heavy (non-hydrogen) atoms. The molecule has 8 heteroatoms. The largest absolute Gasteiger partial charge is 0.428 e. The zero-order chi connectivity index (χ0) is 11.6. The van der Waals surface area contributed by atoms with Crippen molar-refractivity contribution in [2.75, 3.05) is 0 Å². The maximum absolute atomic E-state index is 10.9. The van der Waals surface area contributed by atoms with Gasteiger partial charge in [-0.1, -0.05) is 0 Å². The van der Waals surface area contributed by atoms with E-state index in [1.54, 1.807) is 0 Å². The van der Waals surface area contributed by atoms with Gasteiger partial charge in [-0.2, -0.15) is 0 Å². The molecule has 0 bridgehead atoms. The molecule has 5 unspecified atom stereocenters. The van der Waals surface area contributed by atoms with Crippen LogP contribution in [-0.2, 0) is 19.0 Å². The number of rotatable bonds is 2. The van der Waals surface area contributed by atoms with Crippen LogP contribution in [0.25, 0.3) is 0 Å². The van der Waals surface area contributed by atoms with Gasteiger partial charge in [0.2, 0.25) is 18.9 Å². The van der Waals surface area contributed by atoms with Crippen molar-refractivity contribution in [3.63, 3.8) is 0 Å². The maximum Gasteiger partial charge on any atom is 0.337 e. The molecular weight excluding hydrogens is 212 g/mol. The number of esters is 1. The SMILES string of the molecule is CC(O)C(=O)OC1OC(O)C(O)OC1O. The van der Waals surface area contributed by atoms with Gasteiger partial charge in [-0.05, 0) is 6.92 Å². The predicted octanol–water partition coefficient (Wildman–Crippen LogP) is -2.76. The molecule has 0 aromatic heterocycles. The van der Waals surface area contributed by atoms with Gasteiger partial charge in [0.1, 0.15) is 6.10 Å². The van der Waals surface area contributed by atoms with Crippen LogP contribution >= 0.6 is 0 Å². The zero-order valence-electron chi connectivity index (χ0n) is 7.81. The molecule has 1 fully saturated rings. The van der Waals surface area contributed by atoms with E-state index < -0.39 is 37.2 Å². The van der Waals surface area contributed by atoms with Crippen LogP contribution in [0, 0.1) is 0 Å². The quantitative estimate of drug-likeness (QED) is 0.371. The zero-order valence-corrected chi connectivity index (χ0v) is 7.81. The normalized spacial score (nSPS) is 38.5. The Bertz CT molecular complexity index is 229. The predicted molar refractivity (Wildman–Crippen MR) is 41.8 cm³/mol. The molecule has 0 spiro atoms. The summed E-state index contributed by atoms with van der Waals surface area (Å²) >= 11 is 0. The van der Waals surface area contributed by atoms with Crippen molar-refractivity contribution >= 4 is 5.97 Å². The molecule has 1 rings (SSSR count). The van der Waals surface area contributed by atoms with Crippen LogP contribution in [0.1, 0.15) is 6.92 Å². The van der Waals surface area contributed by atoms with Gasteiger partial charge in [0.15, 0.2) is 0 Å². The molecular formula is C7H12O8. The monoisotopic (exact) mass is 224 g/mol.